The highest BCUT2D eigenvalue weighted by Gasteiger charge is 2.23. The normalized spacial score (nSPS) is 19.2. The van der Waals surface area contributed by atoms with Crippen molar-refractivity contribution >= 4 is 25.5 Å². The number of hydrogen-bond acceptors (Lipinski definition) is 6. The first-order valence-electron chi connectivity index (χ1n) is 7.80. The van der Waals surface area contributed by atoms with Crippen LogP contribution in [-0.4, -0.2) is 52.8 Å². The lowest BCUT2D eigenvalue weighted by atomic mass is 10.1. The Bertz CT molecular complexity index is 767. The zero-order valence-corrected chi connectivity index (χ0v) is 15.2. The lowest BCUT2D eigenvalue weighted by Gasteiger charge is -2.22. The molecule has 1 fully saturated rings. The van der Waals surface area contributed by atoms with E-state index in [0.717, 1.165) is 19.3 Å². The summed E-state index contributed by atoms with van der Waals surface area (Å²) in [4.78, 5) is 0.0626. The Kier molecular flexibility index (Phi) is 6.24. The smallest absolute Gasteiger partial charge is 0.235 e. The van der Waals surface area contributed by atoms with Gasteiger partial charge in [-0.1, -0.05) is 0 Å². The Hall–Kier alpha value is -1.16. The third-order valence-electron chi connectivity index (χ3n) is 3.86. The SMILES string of the molecule is Cc1cc(S(=O)(=O)CCO)ccc1NS(=O)(=O)CC1CCCCO1. The van der Waals surface area contributed by atoms with Crippen molar-refractivity contribution in [1.29, 1.82) is 0 Å². The molecule has 1 aromatic rings. The number of sulfonamides is 1. The predicted molar refractivity (Wildman–Crippen MR) is 91.3 cm³/mol. The average Bonchev–Trinajstić information content (AvgIpc) is 2.49. The van der Waals surface area contributed by atoms with Crippen LogP contribution in [-0.2, 0) is 24.6 Å². The zero-order chi connectivity index (χ0) is 17.8. The summed E-state index contributed by atoms with van der Waals surface area (Å²) in [6, 6.07) is 4.17. The van der Waals surface area contributed by atoms with Crippen LogP contribution >= 0.6 is 0 Å². The summed E-state index contributed by atoms with van der Waals surface area (Å²) in [5, 5.41) is 8.81. The van der Waals surface area contributed by atoms with E-state index in [-0.39, 0.29) is 22.5 Å². The number of aliphatic hydroxyl groups excluding tert-OH is 1. The van der Waals surface area contributed by atoms with E-state index in [1.165, 1.54) is 18.2 Å². The molecule has 2 rings (SSSR count). The van der Waals surface area contributed by atoms with E-state index in [1.54, 1.807) is 6.92 Å². The highest BCUT2D eigenvalue weighted by molar-refractivity contribution is 7.92. The fourth-order valence-corrected chi connectivity index (χ4v) is 5.08. The molecule has 0 bridgehead atoms. The summed E-state index contributed by atoms with van der Waals surface area (Å²) in [6.07, 6.45) is 2.32. The Morgan fingerprint density at radius 1 is 1.25 bits per heavy atom. The van der Waals surface area contributed by atoms with Gasteiger partial charge in [-0.2, -0.15) is 0 Å². The standard InChI is InChI=1S/C15H23NO6S2/c1-12-10-14(23(18,19)9-7-17)5-6-15(12)16-24(20,21)11-13-4-2-3-8-22-13/h5-6,10,13,16-17H,2-4,7-9,11H2,1H3. The first kappa shape index (κ1) is 19.2. The van der Waals surface area contributed by atoms with Crippen molar-refractivity contribution in [2.75, 3.05) is 29.4 Å². The molecule has 1 aromatic carbocycles. The molecule has 0 aromatic heterocycles. The summed E-state index contributed by atoms with van der Waals surface area (Å²) < 4.78 is 56.3. The number of benzene rings is 1. The molecule has 0 radical (unpaired) electrons. The summed E-state index contributed by atoms with van der Waals surface area (Å²) in [5.74, 6) is -0.479. The highest BCUT2D eigenvalue weighted by Crippen LogP contribution is 2.22. The van der Waals surface area contributed by atoms with Crippen molar-refractivity contribution in [2.45, 2.75) is 37.2 Å². The molecule has 1 saturated heterocycles. The van der Waals surface area contributed by atoms with E-state index in [0.29, 0.717) is 17.9 Å². The number of aliphatic hydroxyl groups is 1. The Morgan fingerprint density at radius 2 is 2.00 bits per heavy atom. The predicted octanol–water partition coefficient (Wildman–Crippen LogP) is 1.07. The molecule has 7 nitrogen and oxygen atoms in total. The van der Waals surface area contributed by atoms with Gasteiger partial charge < -0.3 is 9.84 Å². The summed E-state index contributed by atoms with van der Waals surface area (Å²) in [7, 11) is -7.14. The second kappa shape index (κ2) is 7.81. The summed E-state index contributed by atoms with van der Waals surface area (Å²) in [5.41, 5.74) is 0.843. The minimum atomic E-state index is -3.58. The molecular formula is C15H23NO6S2. The second-order valence-electron chi connectivity index (χ2n) is 5.89. The molecule has 1 heterocycles. The molecular weight excluding hydrogens is 354 g/mol. The maximum Gasteiger partial charge on any atom is 0.235 e. The van der Waals surface area contributed by atoms with Gasteiger partial charge in [-0.3, -0.25) is 4.72 Å². The largest absolute Gasteiger partial charge is 0.395 e. The first-order chi connectivity index (χ1) is 11.2. The van der Waals surface area contributed by atoms with Gasteiger partial charge in [0.1, 0.15) is 0 Å². The number of ether oxygens (including phenoxy) is 1. The second-order valence-corrected chi connectivity index (χ2v) is 9.77. The van der Waals surface area contributed by atoms with Crippen LogP contribution in [0.25, 0.3) is 0 Å². The Labute approximate surface area is 143 Å². The van der Waals surface area contributed by atoms with Gasteiger partial charge in [-0.15, -0.1) is 0 Å². The molecule has 0 spiro atoms. The van der Waals surface area contributed by atoms with Gasteiger partial charge in [0.15, 0.2) is 9.84 Å². The molecule has 0 saturated carbocycles. The van der Waals surface area contributed by atoms with E-state index >= 15 is 0 Å². The molecule has 1 aliphatic heterocycles. The van der Waals surface area contributed by atoms with Gasteiger partial charge in [0.05, 0.1) is 34.8 Å². The molecule has 1 aliphatic rings. The van der Waals surface area contributed by atoms with Crippen molar-refractivity contribution < 1.29 is 26.7 Å². The third kappa shape index (κ3) is 5.17. The topological polar surface area (TPSA) is 110 Å². The van der Waals surface area contributed by atoms with Crippen LogP contribution in [0.4, 0.5) is 5.69 Å². The third-order valence-corrected chi connectivity index (χ3v) is 6.90. The summed E-state index contributed by atoms with van der Waals surface area (Å²) in [6.45, 7) is 1.75. The van der Waals surface area contributed by atoms with E-state index in [1.807, 2.05) is 0 Å². The number of nitrogens with one attached hydrogen (secondary N) is 1. The van der Waals surface area contributed by atoms with Crippen molar-refractivity contribution in [3.63, 3.8) is 0 Å². The quantitative estimate of drug-likeness (QED) is 0.736. The molecule has 1 unspecified atom stereocenters. The van der Waals surface area contributed by atoms with E-state index < -0.39 is 26.5 Å². The molecule has 2 N–H and O–H groups in total. The minimum absolute atomic E-state index is 0.0626. The fraction of sp³-hybridized carbons (Fsp3) is 0.600. The fourth-order valence-electron chi connectivity index (χ4n) is 2.57. The molecule has 24 heavy (non-hydrogen) atoms. The maximum atomic E-state index is 12.3. The van der Waals surface area contributed by atoms with Crippen LogP contribution in [0.1, 0.15) is 24.8 Å². The summed E-state index contributed by atoms with van der Waals surface area (Å²) >= 11 is 0. The van der Waals surface area contributed by atoms with Crippen LogP contribution in [0.3, 0.4) is 0 Å². The molecule has 0 amide bonds. The number of aryl methyl sites for hydroxylation is 1. The van der Waals surface area contributed by atoms with E-state index in [9.17, 15) is 16.8 Å². The van der Waals surface area contributed by atoms with E-state index in [2.05, 4.69) is 4.72 Å². The first-order valence-corrected chi connectivity index (χ1v) is 11.1. The zero-order valence-electron chi connectivity index (χ0n) is 13.6. The van der Waals surface area contributed by atoms with Crippen LogP contribution in [0.15, 0.2) is 23.1 Å². The van der Waals surface area contributed by atoms with Crippen molar-refractivity contribution in [3.8, 4) is 0 Å². The molecule has 1 atom stereocenters. The van der Waals surface area contributed by atoms with Gasteiger partial charge in [0.2, 0.25) is 10.0 Å². The van der Waals surface area contributed by atoms with Crippen molar-refractivity contribution in [1.82, 2.24) is 0 Å². The number of rotatable bonds is 7. The lowest BCUT2D eigenvalue weighted by molar-refractivity contribution is 0.0306. The van der Waals surface area contributed by atoms with Gasteiger partial charge in [0.25, 0.3) is 0 Å². The van der Waals surface area contributed by atoms with Crippen LogP contribution < -0.4 is 4.72 Å². The van der Waals surface area contributed by atoms with Gasteiger partial charge in [-0.25, -0.2) is 16.8 Å². The van der Waals surface area contributed by atoms with Crippen molar-refractivity contribution in [3.05, 3.63) is 23.8 Å². The lowest BCUT2D eigenvalue weighted by Crippen LogP contribution is -2.31. The Morgan fingerprint density at radius 3 is 2.58 bits per heavy atom. The maximum absolute atomic E-state index is 12.3. The molecule has 136 valence electrons. The molecule has 9 heteroatoms. The van der Waals surface area contributed by atoms with Gasteiger partial charge >= 0.3 is 0 Å². The van der Waals surface area contributed by atoms with Crippen molar-refractivity contribution in [2.24, 2.45) is 0 Å². The Balaban J connectivity index is 2.12. The average molecular weight is 377 g/mol. The molecule has 0 aliphatic carbocycles. The number of sulfone groups is 1. The number of hydrogen-bond donors (Lipinski definition) is 2. The minimum Gasteiger partial charge on any atom is -0.395 e. The number of anilines is 1. The van der Waals surface area contributed by atoms with Crippen LogP contribution in [0.2, 0.25) is 0 Å². The van der Waals surface area contributed by atoms with Crippen LogP contribution in [0.5, 0.6) is 0 Å². The van der Waals surface area contributed by atoms with Gasteiger partial charge in [0, 0.05) is 6.61 Å². The highest BCUT2D eigenvalue weighted by atomic mass is 32.2. The van der Waals surface area contributed by atoms with Crippen LogP contribution in [0, 0.1) is 6.92 Å². The van der Waals surface area contributed by atoms with Gasteiger partial charge in [-0.05, 0) is 49.9 Å². The van der Waals surface area contributed by atoms with E-state index in [4.69, 9.17) is 9.84 Å². The monoisotopic (exact) mass is 377 g/mol.